The Kier molecular flexibility index (Phi) is 3.96. The molecule has 0 atom stereocenters. The van der Waals surface area contributed by atoms with E-state index in [-0.39, 0.29) is 28.5 Å². The van der Waals surface area contributed by atoms with Crippen molar-refractivity contribution in [1.82, 2.24) is 0 Å². The summed E-state index contributed by atoms with van der Waals surface area (Å²) < 4.78 is 50.5. The summed E-state index contributed by atoms with van der Waals surface area (Å²) in [7, 11) is 0. The first kappa shape index (κ1) is 16.2. The highest BCUT2D eigenvalue weighted by Crippen LogP contribution is 2.50. The SMILES string of the molecule is N#CC(C#N)=CNc1cc(C(F)(F)F)cc2c1Oc1ccccc1O2. The highest BCUT2D eigenvalue weighted by molar-refractivity contribution is 5.70. The summed E-state index contributed by atoms with van der Waals surface area (Å²) in [6.07, 6.45) is -3.61. The molecule has 0 aromatic heterocycles. The van der Waals surface area contributed by atoms with E-state index in [0.29, 0.717) is 5.75 Å². The van der Waals surface area contributed by atoms with Crippen LogP contribution in [0, 0.1) is 22.7 Å². The lowest BCUT2D eigenvalue weighted by Gasteiger charge is -2.24. The van der Waals surface area contributed by atoms with E-state index in [2.05, 4.69) is 5.32 Å². The van der Waals surface area contributed by atoms with Crippen molar-refractivity contribution in [3.8, 4) is 35.1 Å². The minimum Gasteiger partial charge on any atom is -0.449 e. The van der Waals surface area contributed by atoms with Crippen molar-refractivity contribution in [3.05, 3.63) is 53.7 Å². The molecular formula is C17H8F3N3O2. The minimum absolute atomic E-state index is 0.0261. The fourth-order valence-corrected chi connectivity index (χ4v) is 2.14. The molecule has 0 saturated carbocycles. The summed E-state index contributed by atoms with van der Waals surface area (Å²) in [6, 6.07) is 11.4. The average molecular weight is 343 g/mol. The highest BCUT2D eigenvalue weighted by atomic mass is 19.4. The van der Waals surface area contributed by atoms with Gasteiger partial charge >= 0.3 is 6.18 Å². The van der Waals surface area contributed by atoms with Gasteiger partial charge in [-0.1, -0.05) is 12.1 Å². The van der Waals surface area contributed by atoms with Crippen LogP contribution in [0.4, 0.5) is 18.9 Å². The molecule has 8 heteroatoms. The van der Waals surface area contributed by atoms with Crippen LogP contribution >= 0.6 is 0 Å². The van der Waals surface area contributed by atoms with E-state index < -0.39 is 11.7 Å². The van der Waals surface area contributed by atoms with Gasteiger partial charge in [0, 0.05) is 6.20 Å². The van der Waals surface area contributed by atoms with E-state index >= 15 is 0 Å². The smallest absolute Gasteiger partial charge is 0.416 e. The third-order valence-electron chi connectivity index (χ3n) is 3.28. The first-order chi connectivity index (χ1) is 11.9. The van der Waals surface area contributed by atoms with Crippen LogP contribution < -0.4 is 14.8 Å². The number of hydrogen-bond acceptors (Lipinski definition) is 5. The summed E-state index contributed by atoms with van der Waals surface area (Å²) in [5.74, 6) is 0.520. The summed E-state index contributed by atoms with van der Waals surface area (Å²) in [5.41, 5.74) is -1.34. The molecule has 1 aliphatic heterocycles. The summed E-state index contributed by atoms with van der Waals surface area (Å²) in [4.78, 5) is 0. The van der Waals surface area contributed by atoms with Gasteiger partial charge in [-0.2, -0.15) is 23.7 Å². The number of anilines is 1. The Morgan fingerprint density at radius 3 is 2.24 bits per heavy atom. The number of allylic oxidation sites excluding steroid dienone is 1. The van der Waals surface area contributed by atoms with Gasteiger partial charge in [-0.3, -0.25) is 0 Å². The molecule has 0 radical (unpaired) electrons. The van der Waals surface area contributed by atoms with Crippen LogP contribution in [0.1, 0.15) is 5.56 Å². The van der Waals surface area contributed by atoms with E-state index in [9.17, 15) is 13.2 Å². The number of rotatable bonds is 2. The fraction of sp³-hybridized carbons (Fsp3) is 0.0588. The summed E-state index contributed by atoms with van der Waals surface area (Å²) in [5, 5.41) is 20.0. The van der Waals surface area contributed by atoms with Crippen LogP contribution in [0.25, 0.3) is 0 Å². The Labute approximate surface area is 140 Å². The molecule has 0 saturated heterocycles. The third-order valence-corrected chi connectivity index (χ3v) is 3.28. The van der Waals surface area contributed by atoms with E-state index in [1.54, 1.807) is 36.4 Å². The molecule has 0 amide bonds. The molecule has 0 bridgehead atoms. The first-order valence-corrected chi connectivity index (χ1v) is 6.89. The molecule has 2 aromatic rings. The lowest BCUT2D eigenvalue weighted by Crippen LogP contribution is -2.09. The van der Waals surface area contributed by atoms with Crippen molar-refractivity contribution in [2.45, 2.75) is 6.18 Å². The molecule has 0 spiro atoms. The quantitative estimate of drug-likeness (QED) is 0.666. The molecule has 0 fully saturated rings. The van der Waals surface area contributed by atoms with Crippen LogP contribution in [0.2, 0.25) is 0 Å². The van der Waals surface area contributed by atoms with Crippen molar-refractivity contribution in [2.75, 3.05) is 5.32 Å². The van der Waals surface area contributed by atoms with Crippen molar-refractivity contribution in [2.24, 2.45) is 0 Å². The first-order valence-electron chi connectivity index (χ1n) is 6.89. The van der Waals surface area contributed by atoms with Crippen LogP contribution in [-0.4, -0.2) is 0 Å². The minimum atomic E-state index is -4.61. The predicted molar refractivity (Wildman–Crippen MR) is 81.0 cm³/mol. The van der Waals surface area contributed by atoms with E-state index in [0.717, 1.165) is 18.3 Å². The third kappa shape index (κ3) is 3.19. The van der Waals surface area contributed by atoms with E-state index in [1.165, 1.54) is 0 Å². The maximum Gasteiger partial charge on any atom is 0.416 e. The van der Waals surface area contributed by atoms with Crippen molar-refractivity contribution >= 4 is 5.69 Å². The van der Waals surface area contributed by atoms with Crippen molar-refractivity contribution < 1.29 is 22.6 Å². The topological polar surface area (TPSA) is 78.1 Å². The molecular weight excluding hydrogens is 335 g/mol. The van der Waals surface area contributed by atoms with Gasteiger partial charge in [0.05, 0.1) is 11.3 Å². The molecule has 1 heterocycles. The molecule has 2 aromatic carbocycles. The largest absolute Gasteiger partial charge is 0.449 e. The zero-order chi connectivity index (χ0) is 18.0. The second-order valence-corrected chi connectivity index (χ2v) is 4.93. The Bertz CT molecular complexity index is 937. The Morgan fingerprint density at radius 2 is 1.64 bits per heavy atom. The number of hydrogen-bond donors (Lipinski definition) is 1. The van der Waals surface area contributed by atoms with Crippen molar-refractivity contribution in [3.63, 3.8) is 0 Å². The van der Waals surface area contributed by atoms with Gasteiger partial charge in [-0.25, -0.2) is 0 Å². The number of nitriles is 2. The van der Waals surface area contributed by atoms with Gasteiger partial charge in [0.15, 0.2) is 23.0 Å². The van der Waals surface area contributed by atoms with Gasteiger partial charge in [0.1, 0.15) is 17.7 Å². The lowest BCUT2D eigenvalue weighted by molar-refractivity contribution is -0.137. The number of alkyl halides is 3. The molecule has 0 unspecified atom stereocenters. The molecule has 5 nitrogen and oxygen atoms in total. The number of fused-ring (bicyclic) bond motifs is 2. The number of halogens is 3. The average Bonchev–Trinajstić information content (AvgIpc) is 2.59. The van der Waals surface area contributed by atoms with Crippen molar-refractivity contribution in [1.29, 1.82) is 10.5 Å². The molecule has 25 heavy (non-hydrogen) atoms. The van der Waals surface area contributed by atoms with E-state index in [1.807, 2.05) is 0 Å². The zero-order valence-electron chi connectivity index (χ0n) is 12.4. The van der Waals surface area contributed by atoms with Gasteiger partial charge < -0.3 is 14.8 Å². The second kappa shape index (κ2) is 6.10. The van der Waals surface area contributed by atoms with Gasteiger partial charge in [0.2, 0.25) is 0 Å². The van der Waals surface area contributed by atoms with Crippen LogP contribution in [-0.2, 0) is 6.18 Å². The molecule has 0 aliphatic carbocycles. The fourth-order valence-electron chi connectivity index (χ4n) is 2.14. The predicted octanol–water partition coefficient (Wildman–Crippen LogP) is 4.95. The van der Waals surface area contributed by atoms with Crippen LogP contribution in [0.15, 0.2) is 48.2 Å². The van der Waals surface area contributed by atoms with Crippen LogP contribution in [0.5, 0.6) is 23.0 Å². The summed E-state index contributed by atoms with van der Waals surface area (Å²) >= 11 is 0. The van der Waals surface area contributed by atoms with Crippen LogP contribution in [0.3, 0.4) is 0 Å². The molecule has 3 rings (SSSR count). The number of nitrogens with zero attached hydrogens (tertiary/aromatic N) is 2. The highest BCUT2D eigenvalue weighted by Gasteiger charge is 2.34. The summed E-state index contributed by atoms with van der Waals surface area (Å²) in [6.45, 7) is 0. The van der Waals surface area contributed by atoms with Gasteiger partial charge in [0.25, 0.3) is 0 Å². The zero-order valence-corrected chi connectivity index (χ0v) is 12.4. The molecule has 1 N–H and O–H groups in total. The Hall–Kier alpha value is -3.65. The monoisotopic (exact) mass is 343 g/mol. The second-order valence-electron chi connectivity index (χ2n) is 4.93. The molecule has 124 valence electrons. The maximum absolute atomic E-state index is 13.1. The Morgan fingerprint density at radius 1 is 1.00 bits per heavy atom. The number of nitrogens with one attached hydrogen (secondary N) is 1. The number of ether oxygens (including phenoxy) is 2. The Balaban J connectivity index is 2.10. The standard InChI is InChI=1S/C17H8F3N3O2/c18-17(19,20)11-5-12(23-9-10(7-21)8-22)16-15(6-11)24-13-3-1-2-4-14(13)25-16/h1-6,9,23H. The number of para-hydroxylation sites is 2. The number of benzene rings is 2. The molecule has 1 aliphatic rings. The van der Waals surface area contributed by atoms with E-state index in [4.69, 9.17) is 20.0 Å². The lowest BCUT2D eigenvalue weighted by atomic mass is 10.1. The van der Waals surface area contributed by atoms with Gasteiger partial charge in [-0.05, 0) is 24.3 Å². The maximum atomic E-state index is 13.1. The van der Waals surface area contributed by atoms with Gasteiger partial charge in [-0.15, -0.1) is 0 Å². The normalized spacial score (nSPS) is 11.6.